The first-order valence-corrected chi connectivity index (χ1v) is 9.29. The van der Waals surface area contributed by atoms with Gasteiger partial charge in [-0.05, 0) is 42.8 Å². The smallest absolute Gasteiger partial charge is 0.416 e. The predicted octanol–water partition coefficient (Wildman–Crippen LogP) is 3.91. The lowest BCUT2D eigenvalue weighted by molar-refractivity contribution is -0.138. The first kappa shape index (κ1) is 19.0. The Morgan fingerprint density at radius 2 is 1.70 bits per heavy atom. The third-order valence-electron chi connectivity index (χ3n) is 4.03. The van der Waals surface area contributed by atoms with Crippen LogP contribution in [0, 0.1) is 0 Å². The van der Waals surface area contributed by atoms with Crippen molar-refractivity contribution in [2.75, 3.05) is 0 Å². The summed E-state index contributed by atoms with van der Waals surface area (Å²) in [5, 5.41) is 8.98. The number of carbonyl (C=O) groups is 1. The zero-order valence-corrected chi connectivity index (χ0v) is 14.6. The van der Waals surface area contributed by atoms with E-state index >= 15 is 0 Å². The fourth-order valence-corrected chi connectivity index (χ4v) is 4.40. The van der Waals surface area contributed by atoms with E-state index in [1.165, 1.54) is 30.3 Å². The summed E-state index contributed by atoms with van der Waals surface area (Å²) < 4.78 is 65.9. The second-order valence-corrected chi connectivity index (χ2v) is 7.67. The molecule has 0 bridgehead atoms. The summed E-state index contributed by atoms with van der Waals surface area (Å²) in [6.45, 7) is 0. The van der Waals surface area contributed by atoms with Crippen molar-refractivity contribution in [3.8, 4) is 0 Å². The van der Waals surface area contributed by atoms with Gasteiger partial charge in [0.2, 0.25) is 0 Å². The second kappa shape index (κ2) is 6.73. The number of alkyl halides is 3. The van der Waals surface area contributed by atoms with Crippen LogP contribution in [0.4, 0.5) is 13.2 Å². The number of hydrogen-bond donors (Lipinski definition) is 1. The molecule has 142 valence electrons. The molecule has 0 radical (unpaired) electrons. The topological polar surface area (TPSA) is 76.4 Å². The number of fused-ring (bicyclic) bond motifs is 1. The van der Waals surface area contributed by atoms with E-state index in [0.29, 0.717) is 0 Å². The molecule has 0 unspecified atom stereocenters. The lowest BCUT2D eigenvalue weighted by Gasteiger charge is -2.12. The normalized spacial score (nSPS) is 12.4. The van der Waals surface area contributed by atoms with Crippen molar-refractivity contribution in [1.82, 2.24) is 3.97 Å². The van der Waals surface area contributed by atoms with Crippen LogP contribution in [0.2, 0.25) is 0 Å². The van der Waals surface area contributed by atoms with Crippen LogP contribution in [0.1, 0.15) is 17.7 Å². The van der Waals surface area contributed by atoms with Gasteiger partial charge in [0.25, 0.3) is 10.0 Å². The summed E-state index contributed by atoms with van der Waals surface area (Å²) in [4.78, 5) is 10.9. The van der Waals surface area contributed by atoms with E-state index < -0.39 is 27.7 Å². The van der Waals surface area contributed by atoms with E-state index in [1.807, 2.05) is 0 Å². The first-order valence-electron chi connectivity index (χ1n) is 7.85. The molecular weight excluding hydrogens is 383 g/mol. The van der Waals surface area contributed by atoms with Crippen LogP contribution in [-0.4, -0.2) is 23.5 Å². The van der Waals surface area contributed by atoms with Crippen LogP contribution in [0.15, 0.2) is 59.5 Å². The summed E-state index contributed by atoms with van der Waals surface area (Å²) in [7, 11) is -4.11. The van der Waals surface area contributed by atoms with E-state index in [4.69, 9.17) is 5.11 Å². The number of halogens is 3. The van der Waals surface area contributed by atoms with Crippen LogP contribution >= 0.6 is 0 Å². The molecule has 5 nitrogen and oxygen atoms in total. The molecule has 9 heteroatoms. The first-order chi connectivity index (χ1) is 12.6. The average molecular weight is 397 g/mol. The lowest BCUT2D eigenvalue weighted by Crippen LogP contribution is -2.16. The average Bonchev–Trinajstić information content (AvgIpc) is 2.98. The Balaban J connectivity index is 2.25. The van der Waals surface area contributed by atoms with Gasteiger partial charge >= 0.3 is 12.1 Å². The maximum atomic E-state index is 13.0. The van der Waals surface area contributed by atoms with Crippen LogP contribution < -0.4 is 0 Å². The zero-order chi connectivity index (χ0) is 19.8. The molecular formula is C18H14F3NO4S. The standard InChI is InChI=1S/C18H14F3NO4S/c19-18(20,21)13-6-8-16-12(10-13)11-14(7-9-17(23)24)22(16)27(25,26)15-4-2-1-3-5-15/h1-6,8,10-11H,7,9H2,(H,23,24). The molecule has 1 aromatic heterocycles. The van der Waals surface area contributed by atoms with E-state index in [-0.39, 0.29) is 34.3 Å². The van der Waals surface area contributed by atoms with Crippen molar-refractivity contribution >= 4 is 26.9 Å². The Labute approximate surface area is 152 Å². The number of carboxylic acid groups (broad SMARTS) is 1. The van der Waals surface area contributed by atoms with Crippen molar-refractivity contribution < 1.29 is 31.5 Å². The number of aliphatic carboxylic acids is 1. The monoisotopic (exact) mass is 397 g/mol. The van der Waals surface area contributed by atoms with E-state index in [0.717, 1.165) is 22.2 Å². The number of aryl methyl sites for hydroxylation is 1. The van der Waals surface area contributed by atoms with Crippen molar-refractivity contribution in [3.63, 3.8) is 0 Å². The van der Waals surface area contributed by atoms with Gasteiger partial charge in [0, 0.05) is 11.1 Å². The Kier molecular flexibility index (Phi) is 4.73. The fourth-order valence-electron chi connectivity index (χ4n) is 2.81. The highest BCUT2D eigenvalue weighted by Gasteiger charge is 2.31. The highest BCUT2D eigenvalue weighted by molar-refractivity contribution is 7.90. The molecule has 1 N–H and O–H groups in total. The Morgan fingerprint density at radius 1 is 1.04 bits per heavy atom. The molecule has 0 saturated carbocycles. The number of carboxylic acids is 1. The van der Waals surface area contributed by atoms with Crippen LogP contribution in [0.3, 0.4) is 0 Å². The van der Waals surface area contributed by atoms with Gasteiger partial charge in [-0.3, -0.25) is 4.79 Å². The summed E-state index contributed by atoms with van der Waals surface area (Å²) >= 11 is 0. The summed E-state index contributed by atoms with van der Waals surface area (Å²) in [5.74, 6) is -1.14. The molecule has 0 atom stereocenters. The maximum absolute atomic E-state index is 13.0. The predicted molar refractivity (Wildman–Crippen MR) is 91.9 cm³/mol. The molecule has 0 amide bonds. The van der Waals surface area contributed by atoms with Crippen LogP contribution in [-0.2, 0) is 27.4 Å². The van der Waals surface area contributed by atoms with E-state index in [9.17, 15) is 26.4 Å². The van der Waals surface area contributed by atoms with Gasteiger partial charge in [0.05, 0.1) is 22.4 Å². The molecule has 0 aliphatic rings. The number of benzene rings is 2. The molecule has 0 spiro atoms. The summed E-state index contributed by atoms with van der Waals surface area (Å²) in [6, 6.07) is 11.5. The Hall–Kier alpha value is -2.81. The van der Waals surface area contributed by atoms with E-state index in [1.54, 1.807) is 6.07 Å². The van der Waals surface area contributed by atoms with Crippen LogP contribution in [0.5, 0.6) is 0 Å². The molecule has 0 aliphatic heterocycles. The lowest BCUT2D eigenvalue weighted by atomic mass is 10.1. The number of aromatic nitrogens is 1. The third-order valence-corrected chi connectivity index (χ3v) is 5.81. The Bertz CT molecular complexity index is 1100. The van der Waals surface area contributed by atoms with Crippen molar-refractivity contribution in [2.45, 2.75) is 23.9 Å². The quantitative estimate of drug-likeness (QED) is 0.708. The minimum Gasteiger partial charge on any atom is -0.481 e. The Morgan fingerprint density at radius 3 is 2.30 bits per heavy atom. The largest absolute Gasteiger partial charge is 0.481 e. The molecule has 3 rings (SSSR count). The van der Waals surface area contributed by atoms with Crippen molar-refractivity contribution in [2.24, 2.45) is 0 Å². The van der Waals surface area contributed by atoms with Gasteiger partial charge in [-0.2, -0.15) is 13.2 Å². The van der Waals surface area contributed by atoms with Gasteiger partial charge in [0.1, 0.15) is 0 Å². The summed E-state index contributed by atoms with van der Waals surface area (Å²) in [6.07, 6.45) is -5.07. The van der Waals surface area contributed by atoms with E-state index in [2.05, 4.69) is 0 Å². The summed E-state index contributed by atoms with van der Waals surface area (Å²) in [5.41, 5.74) is -0.739. The van der Waals surface area contributed by atoms with Gasteiger partial charge in [-0.25, -0.2) is 12.4 Å². The second-order valence-electron chi connectivity index (χ2n) is 5.88. The third kappa shape index (κ3) is 3.68. The molecule has 3 aromatic rings. The van der Waals surface area contributed by atoms with Gasteiger partial charge in [0.15, 0.2) is 0 Å². The molecule has 27 heavy (non-hydrogen) atoms. The van der Waals surface area contributed by atoms with Crippen LogP contribution in [0.25, 0.3) is 10.9 Å². The SMILES string of the molecule is O=C(O)CCc1cc2cc(C(F)(F)F)ccc2n1S(=O)(=O)c1ccccc1. The fraction of sp³-hybridized carbons (Fsp3) is 0.167. The highest BCUT2D eigenvalue weighted by Crippen LogP contribution is 2.34. The molecule has 0 fully saturated rings. The van der Waals surface area contributed by atoms with Gasteiger partial charge in [-0.1, -0.05) is 18.2 Å². The molecule has 0 saturated heterocycles. The van der Waals surface area contributed by atoms with Gasteiger partial charge < -0.3 is 5.11 Å². The number of hydrogen-bond acceptors (Lipinski definition) is 3. The molecule has 2 aromatic carbocycles. The van der Waals surface area contributed by atoms with Gasteiger partial charge in [-0.15, -0.1) is 0 Å². The zero-order valence-electron chi connectivity index (χ0n) is 13.8. The highest BCUT2D eigenvalue weighted by atomic mass is 32.2. The van der Waals surface area contributed by atoms with Crippen molar-refractivity contribution in [3.05, 3.63) is 65.9 Å². The molecule has 1 heterocycles. The van der Waals surface area contributed by atoms with Crippen molar-refractivity contribution in [1.29, 1.82) is 0 Å². The number of rotatable bonds is 5. The minimum atomic E-state index is -4.57. The maximum Gasteiger partial charge on any atom is 0.416 e. The molecule has 0 aliphatic carbocycles. The minimum absolute atomic E-state index is 0.0426. The number of nitrogens with zero attached hydrogens (tertiary/aromatic N) is 1.